The van der Waals surface area contributed by atoms with Crippen LogP contribution in [0.3, 0.4) is 0 Å². The van der Waals surface area contributed by atoms with Gasteiger partial charge in [-0.3, -0.25) is 14.3 Å². The van der Waals surface area contributed by atoms with E-state index >= 15 is 8.78 Å². The predicted molar refractivity (Wildman–Crippen MR) is 182 cm³/mol. The number of nitrogens with zero attached hydrogens (tertiary/aromatic N) is 5. The highest BCUT2D eigenvalue weighted by Crippen LogP contribution is 2.39. The van der Waals surface area contributed by atoms with Crippen LogP contribution in [-0.4, -0.2) is 81.3 Å². The second-order valence-corrected chi connectivity index (χ2v) is 13.8. The Morgan fingerprint density at radius 3 is 2.45 bits per heavy atom. The third-order valence-electron chi connectivity index (χ3n) is 10.3. The van der Waals surface area contributed by atoms with E-state index in [-0.39, 0.29) is 17.2 Å². The molecule has 3 aromatic heterocycles. The van der Waals surface area contributed by atoms with Crippen LogP contribution in [0.2, 0.25) is 0 Å². The minimum absolute atomic E-state index is 0.109. The highest BCUT2D eigenvalue weighted by molar-refractivity contribution is 5.96. The number of piperidine rings is 1. The molecule has 4 N–H and O–H groups in total. The maximum Gasteiger partial charge on any atom is 0.433 e. The van der Waals surface area contributed by atoms with Crippen molar-refractivity contribution in [3.63, 3.8) is 0 Å². The Balaban J connectivity index is 1.05. The summed E-state index contributed by atoms with van der Waals surface area (Å²) in [7, 11) is 2.35. The van der Waals surface area contributed by atoms with E-state index < -0.39 is 34.6 Å². The van der Waals surface area contributed by atoms with Gasteiger partial charge >= 0.3 is 6.18 Å². The number of benzene rings is 2. The number of rotatable bonds is 10. The van der Waals surface area contributed by atoms with Crippen LogP contribution < -0.4 is 16.0 Å². The van der Waals surface area contributed by atoms with Crippen LogP contribution in [0, 0.1) is 23.5 Å². The number of carbonyl (C=O) groups is 1. The Hall–Kier alpha value is -4.89. The third-order valence-corrected chi connectivity index (χ3v) is 10.3. The number of quaternary nitrogens is 1. The van der Waals surface area contributed by atoms with Gasteiger partial charge in [-0.05, 0) is 42.2 Å². The van der Waals surface area contributed by atoms with Gasteiger partial charge in [0.2, 0.25) is 0 Å². The molecule has 2 aromatic carbocycles. The Bertz CT molecular complexity index is 2060. The van der Waals surface area contributed by atoms with Crippen LogP contribution in [-0.2, 0) is 12.6 Å². The number of aromatic amines is 1. The first-order valence-electron chi connectivity index (χ1n) is 17.1. The van der Waals surface area contributed by atoms with E-state index in [0.717, 1.165) is 67.2 Å². The quantitative estimate of drug-likeness (QED) is 0.102. The Morgan fingerprint density at radius 2 is 1.75 bits per heavy atom. The molecule has 5 aromatic rings. The molecule has 0 aliphatic carbocycles. The summed E-state index contributed by atoms with van der Waals surface area (Å²) in [6.45, 7) is 8.34. The van der Waals surface area contributed by atoms with Gasteiger partial charge in [0.25, 0.3) is 5.91 Å². The average molecular weight is 709 g/mol. The van der Waals surface area contributed by atoms with Crippen LogP contribution in [0.1, 0.15) is 41.4 Å². The van der Waals surface area contributed by atoms with Crippen LogP contribution >= 0.6 is 0 Å². The Labute approximate surface area is 291 Å². The Kier molecular flexibility index (Phi) is 9.27. The van der Waals surface area contributed by atoms with E-state index in [9.17, 15) is 18.0 Å². The molecule has 51 heavy (non-hydrogen) atoms. The van der Waals surface area contributed by atoms with E-state index in [1.54, 1.807) is 12.1 Å². The van der Waals surface area contributed by atoms with Gasteiger partial charge < -0.3 is 20.4 Å². The van der Waals surface area contributed by atoms with Gasteiger partial charge in [-0.2, -0.15) is 18.3 Å². The molecule has 0 saturated carbocycles. The average Bonchev–Trinajstić information content (AvgIpc) is 3.76. The van der Waals surface area contributed by atoms with E-state index in [0.29, 0.717) is 41.6 Å². The molecule has 1 amide bonds. The number of hydrogen-bond acceptors (Lipinski definition) is 6. The number of hydrogen-bond donors (Lipinski definition) is 4. The number of aromatic nitrogens is 5. The number of aryl methyl sites for hydroxylation is 1. The van der Waals surface area contributed by atoms with Crippen molar-refractivity contribution in [1.82, 2.24) is 35.2 Å². The van der Waals surface area contributed by atoms with Gasteiger partial charge in [0.15, 0.2) is 23.1 Å². The first-order valence-corrected chi connectivity index (χ1v) is 17.1. The van der Waals surface area contributed by atoms with E-state index in [2.05, 4.69) is 38.1 Å². The van der Waals surface area contributed by atoms with Gasteiger partial charge in [0.1, 0.15) is 5.69 Å². The zero-order valence-electron chi connectivity index (χ0n) is 28.2. The molecule has 0 spiro atoms. The van der Waals surface area contributed by atoms with Gasteiger partial charge in [-0.1, -0.05) is 13.0 Å². The molecule has 0 atom stereocenters. The lowest BCUT2D eigenvalue weighted by Crippen LogP contribution is -2.58. The number of nitrogens with one attached hydrogen (secondary N) is 4. The van der Waals surface area contributed by atoms with Gasteiger partial charge in [0, 0.05) is 78.7 Å². The molecule has 10 nitrogen and oxygen atoms in total. The largest absolute Gasteiger partial charge is 0.433 e. The Morgan fingerprint density at radius 1 is 1.00 bits per heavy atom. The number of anilines is 2. The summed E-state index contributed by atoms with van der Waals surface area (Å²) in [6, 6.07) is 7.71. The second kappa shape index (κ2) is 13.7. The standard InChI is InChI=1S/C36H38F5N9O/c1-3-23-14-24(4-5-25(23)35(51)45-17-21-8-12-50(2,13-9-21)20-22-15-42-16-22)47-33-34-44-19-29(49(34)11-10-43-33)27-7-6-26(30(37)31(27)38)28-18-46-48-32(28)36(39,40)41/h4-7,10-11,14,18-19,21-22,42H,3,8-9,12-13,15-17,20H2,1-2H3,(H2-,43,45,46,47,48,51)/p+1. The summed E-state index contributed by atoms with van der Waals surface area (Å²) in [5.41, 5.74) is -0.0771. The van der Waals surface area contributed by atoms with Crippen molar-refractivity contribution >= 4 is 23.1 Å². The van der Waals surface area contributed by atoms with Crippen molar-refractivity contribution in [2.24, 2.45) is 11.8 Å². The minimum atomic E-state index is -4.83. The molecule has 5 heterocycles. The summed E-state index contributed by atoms with van der Waals surface area (Å²) in [5, 5.41) is 14.9. The van der Waals surface area contributed by atoms with E-state index in [1.165, 1.54) is 35.6 Å². The van der Waals surface area contributed by atoms with Crippen molar-refractivity contribution in [1.29, 1.82) is 0 Å². The van der Waals surface area contributed by atoms with Gasteiger partial charge in [0.05, 0.1) is 44.8 Å². The van der Waals surface area contributed by atoms with Crippen molar-refractivity contribution in [2.45, 2.75) is 32.4 Å². The zero-order valence-corrected chi connectivity index (χ0v) is 28.2. The molecule has 0 radical (unpaired) electrons. The van der Waals surface area contributed by atoms with Crippen LogP contribution in [0.5, 0.6) is 0 Å². The third kappa shape index (κ3) is 6.91. The number of amides is 1. The predicted octanol–water partition coefficient (Wildman–Crippen LogP) is 6.20. The van der Waals surface area contributed by atoms with Crippen molar-refractivity contribution in [3.05, 3.63) is 83.6 Å². The lowest BCUT2D eigenvalue weighted by atomic mass is 9.92. The monoisotopic (exact) mass is 708 g/mol. The molecule has 2 aliphatic rings. The lowest BCUT2D eigenvalue weighted by molar-refractivity contribution is -0.918. The summed E-state index contributed by atoms with van der Waals surface area (Å²) in [6.07, 6.45) is 3.09. The summed E-state index contributed by atoms with van der Waals surface area (Å²) in [4.78, 5) is 22.1. The number of carbonyl (C=O) groups excluding carboxylic acids is 1. The van der Waals surface area contributed by atoms with Crippen molar-refractivity contribution < 1.29 is 31.2 Å². The molecule has 2 saturated heterocycles. The highest BCUT2D eigenvalue weighted by Gasteiger charge is 2.37. The molecule has 2 aliphatic heterocycles. The highest BCUT2D eigenvalue weighted by atomic mass is 19.4. The first kappa shape index (κ1) is 34.6. The SMILES string of the molecule is CCc1cc(Nc2nccn3c(-c4ccc(-c5cn[nH]c5C(F)(F)F)c(F)c4F)cnc23)ccc1C(=O)NCC1CC[N+](C)(CC2CNC2)CC1. The number of fused-ring (bicyclic) bond motifs is 1. The fraction of sp³-hybridized carbons (Fsp3) is 0.389. The lowest BCUT2D eigenvalue weighted by Gasteiger charge is -2.44. The van der Waals surface area contributed by atoms with Crippen molar-refractivity contribution in [3.8, 4) is 22.4 Å². The number of imidazole rings is 1. The molecule has 15 heteroatoms. The maximum atomic E-state index is 15.5. The van der Waals surface area contributed by atoms with Crippen LogP contribution in [0.15, 0.2) is 55.1 Å². The molecular weight excluding hydrogens is 669 g/mol. The second-order valence-electron chi connectivity index (χ2n) is 13.8. The first-order chi connectivity index (χ1) is 24.4. The van der Waals surface area contributed by atoms with E-state index in [1.807, 2.05) is 18.1 Å². The number of H-pyrrole nitrogens is 1. The molecule has 0 bridgehead atoms. The summed E-state index contributed by atoms with van der Waals surface area (Å²) < 4.78 is 73.5. The molecule has 7 rings (SSSR count). The fourth-order valence-electron chi connectivity index (χ4n) is 7.26. The van der Waals surface area contributed by atoms with E-state index in [4.69, 9.17) is 0 Å². The zero-order chi connectivity index (χ0) is 35.9. The minimum Gasteiger partial charge on any atom is -0.352 e. The number of likely N-dealkylation sites (tertiary alicyclic amines) is 1. The van der Waals surface area contributed by atoms with Gasteiger partial charge in [-0.25, -0.2) is 18.7 Å². The maximum absolute atomic E-state index is 15.5. The molecule has 268 valence electrons. The van der Waals surface area contributed by atoms with Crippen molar-refractivity contribution in [2.75, 3.05) is 51.6 Å². The molecule has 0 unspecified atom stereocenters. The molecule has 2 fully saturated rings. The fourth-order valence-corrected chi connectivity index (χ4v) is 7.26. The summed E-state index contributed by atoms with van der Waals surface area (Å²) in [5.74, 6) is -1.34. The topological polar surface area (TPSA) is 112 Å². The van der Waals surface area contributed by atoms with Gasteiger partial charge in [-0.15, -0.1) is 0 Å². The molecular formula is C36H39F5N9O+. The van der Waals surface area contributed by atoms with Crippen LogP contribution in [0.4, 0.5) is 33.5 Å². The normalized spacial score (nSPS) is 19.6. The smallest absolute Gasteiger partial charge is 0.352 e. The number of alkyl halides is 3. The summed E-state index contributed by atoms with van der Waals surface area (Å²) >= 11 is 0. The number of halogens is 5. The van der Waals surface area contributed by atoms with Crippen LogP contribution in [0.25, 0.3) is 28.0 Å².